The lowest BCUT2D eigenvalue weighted by molar-refractivity contribution is 0.0602. The SMILES string of the molecule is CCc1cc(C(=O)OC)c(NC(=S)NNS(=O)(=O)c2ccc(C(C)(C)C)cc2)s1. The van der Waals surface area contributed by atoms with Crippen LogP contribution < -0.4 is 15.6 Å². The Morgan fingerprint density at radius 2 is 1.83 bits per heavy atom. The molecule has 1 aromatic heterocycles. The van der Waals surface area contributed by atoms with Gasteiger partial charge in [0.25, 0.3) is 10.0 Å². The zero-order valence-electron chi connectivity index (χ0n) is 17.0. The molecule has 0 saturated heterocycles. The Morgan fingerprint density at radius 1 is 1.21 bits per heavy atom. The van der Waals surface area contributed by atoms with Gasteiger partial charge < -0.3 is 10.1 Å². The van der Waals surface area contributed by atoms with Crippen LogP contribution in [0, 0.1) is 0 Å². The van der Waals surface area contributed by atoms with Crippen molar-refractivity contribution in [1.29, 1.82) is 0 Å². The highest BCUT2D eigenvalue weighted by atomic mass is 32.2. The topological polar surface area (TPSA) is 96.5 Å². The van der Waals surface area contributed by atoms with Crippen molar-refractivity contribution in [2.24, 2.45) is 0 Å². The minimum atomic E-state index is -3.82. The zero-order valence-corrected chi connectivity index (χ0v) is 19.4. The van der Waals surface area contributed by atoms with Crippen molar-refractivity contribution in [1.82, 2.24) is 10.3 Å². The van der Waals surface area contributed by atoms with Gasteiger partial charge in [-0.1, -0.05) is 39.8 Å². The van der Waals surface area contributed by atoms with Gasteiger partial charge in [-0.05, 0) is 47.8 Å². The quantitative estimate of drug-likeness (QED) is 0.348. The van der Waals surface area contributed by atoms with Gasteiger partial charge in [0.05, 0.1) is 17.6 Å². The van der Waals surface area contributed by atoms with Gasteiger partial charge >= 0.3 is 5.97 Å². The van der Waals surface area contributed by atoms with Crippen molar-refractivity contribution >= 4 is 49.7 Å². The summed E-state index contributed by atoms with van der Waals surface area (Å²) in [5.41, 5.74) is 3.76. The highest BCUT2D eigenvalue weighted by Crippen LogP contribution is 2.29. The van der Waals surface area contributed by atoms with E-state index in [9.17, 15) is 13.2 Å². The Balaban J connectivity index is 2.07. The van der Waals surface area contributed by atoms with Gasteiger partial charge in [-0.3, -0.25) is 5.43 Å². The number of ether oxygens (including phenoxy) is 1. The molecule has 158 valence electrons. The lowest BCUT2D eigenvalue weighted by atomic mass is 9.87. The van der Waals surface area contributed by atoms with Gasteiger partial charge in [0.2, 0.25) is 0 Å². The standard InChI is InChI=1S/C19H25N3O4S3/c1-6-13-11-15(17(23)26-5)16(28-13)20-18(27)21-22-29(24,25)14-9-7-12(8-10-14)19(2,3)4/h7-11,22H,6H2,1-5H3,(H2,20,21,27). The Morgan fingerprint density at radius 3 is 2.34 bits per heavy atom. The molecular formula is C19H25N3O4S3. The number of methoxy groups -OCH3 is 1. The first kappa shape index (κ1) is 23.3. The summed E-state index contributed by atoms with van der Waals surface area (Å²) in [6, 6.07) is 8.38. The minimum Gasteiger partial charge on any atom is -0.465 e. The average Bonchev–Trinajstić information content (AvgIpc) is 3.08. The highest BCUT2D eigenvalue weighted by molar-refractivity contribution is 7.89. The third kappa shape index (κ3) is 5.99. The third-order valence-corrected chi connectivity index (χ3v) is 6.76. The predicted molar refractivity (Wildman–Crippen MR) is 120 cm³/mol. The van der Waals surface area contributed by atoms with Gasteiger partial charge in [-0.25, -0.2) is 13.2 Å². The Labute approximate surface area is 180 Å². The Kier molecular flexibility index (Phi) is 7.39. The fraction of sp³-hybridized carbons (Fsp3) is 0.368. The third-order valence-electron chi connectivity index (χ3n) is 4.09. The number of hydrogen-bond acceptors (Lipinski definition) is 6. The van der Waals surface area contributed by atoms with E-state index in [1.807, 2.05) is 6.92 Å². The summed E-state index contributed by atoms with van der Waals surface area (Å²) in [7, 11) is -2.52. The van der Waals surface area contributed by atoms with Crippen molar-refractivity contribution in [3.63, 3.8) is 0 Å². The molecular weight excluding hydrogens is 430 g/mol. The van der Waals surface area contributed by atoms with E-state index in [2.05, 4.69) is 36.3 Å². The van der Waals surface area contributed by atoms with E-state index < -0.39 is 16.0 Å². The molecule has 0 bridgehead atoms. The summed E-state index contributed by atoms with van der Waals surface area (Å²) >= 11 is 6.51. The van der Waals surface area contributed by atoms with Crippen LogP contribution in [0.15, 0.2) is 35.2 Å². The van der Waals surface area contributed by atoms with E-state index in [1.54, 1.807) is 30.3 Å². The van der Waals surface area contributed by atoms with Crippen molar-refractivity contribution < 1.29 is 17.9 Å². The molecule has 7 nitrogen and oxygen atoms in total. The van der Waals surface area contributed by atoms with Crippen molar-refractivity contribution in [3.8, 4) is 0 Å². The van der Waals surface area contributed by atoms with E-state index in [-0.39, 0.29) is 15.4 Å². The van der Waals surface area contributed by atoms with Gasteiger partial charge in [0.1, 0.15) is 5.00 Å². The molecule has 0 spiro atoms. The summed E-state index contributed by atoms with van der Waals surface area (Å²) in [5, 5.41) is 3.34. The Bertz CT molecular complexity index is 991. The van der Waals surface area contributed by atoms with Crippen LogP contribution in [0.25, 0.3) is 0 Å². The first-order valence-corrected chi connectivity index (χ1v) is 11.6. The van der Waals surface area contributed by atoms with Gasteiger partial charge in [-0.15, -0.1) is 16.2 Å². The number of carbonyl (C=O) groups excluding carboxylic acids is 1. The molecule has 0 amide bonds. The van der Waals surface area contributed by atoms with Gasteiger partial charge in [0.15, 0.2) is 5.11 Å². The van der Waals surface area contributed by atoms with Crippen LogP contribution in [-0.4, -0.2) is 26.6 Å². The van der Waals surface area contributed by atoms with Crippen molar-refractivity contribution in [2.45, 2.75) is 44.4 Å². The van der Waals surface area contributed by atoms with Crippen LogP contribution in [-0.2, 0) is 26.6 Å². The van der Waals surface area contributed by atoms with E-state index >= 15 is 0 Å². The normalized spacial score (nSPS) is 11.8. The minimum absolute atomic E-state index is 0.00884. The highest BCUT2D eigenvalue weighted by Gasteiger charge is 2.19. The largest absolute Gasteiger partial charge is 0.465 e. The van der Waals surface area contributed by atoms with Crippen LogP contribution in [0.5, 0.6) is 0 Å². The summed E-state index contributed by atoms with van der Waals surface area (Å²) in [6.45, 7) is 8.12. The van der Waals surface area contributed by atoms with Crippen LogP contribution in [0.3, 0.4) is 0 Å². The number of carbonyl (C=O) groups is 1. The molecule has 10 heteroatoms. The number of hydrazine groups is 1. The maximum absolute atomic E-state index is 12.5. The lowest BCUT2D eigenvalue weighted by Crippen LogP contribution is -2.43. The molecule has 1 aromatic carbocycles. The van der Waals surface area contributed by atoms with Crippen molar-refractivity contribution in [2.75, 3.05) is 12.4 Å². The zero-order chi connectivity index (χ0) is 21.8. The molecule has 1 heterocycles. The summed E-state index contributed by atoms with van der Waals surface area (Å²) in [6.07, 6.45) is 0.744. The van der Waals surface area contributed by atoms with E-state index in [4.69, 9.17) is 17.0 Å². The van der Waals surface area contributed by atoms with E-state index in [0.717, 1.165) is 16.9 Å². The molecule has 0 unspecified atom stereocenters. The molecule has 0 atom stereocenters. The molecule has 0 aliphatic rings. The van der Waals surface area contributed by atoms with Crippen LogP contribution >= 0.6 is 23.6 Å². The first-order valence-electron chi connectivity index (χ1n) is 8.88. The summed E-state index contributed by atoms with van der Waals surface area (Å²) < 4.78 is 29.8. The number of nitrogens with one attached hydrogen (secondary N) is 3. The second-order valence-electron chi connectivity index (χ2n) is 7.26. The molecule has 29 heavy (non-hydrogen) atoms. The molecule has 2 rings (SSSR count). The van der Waals surface area contributed by atoms with Crippen molar-refractivity contribution in [3.05, 3.63) is 46.3 Å². The number of esters is 1. The molecule has 3 N–H and O–H groups in total. The molecule has 0 aliphatic carbocycles. The molecule has 0 fully saturated rings. The molecule has 0 aliphatic heterocycles. The smallest absolute Gasteiger partial charge is 0.340 e. The fourth-order valence-electron chi connectivity index (χ4n) is 2.41. The van der Waals surface area contributed by atoms with E-state index in [0.29, 0.717) is 10.6 Å². The van der Waals surface area contributed by atoms with Gasteiger partial charge in [-0.2, -0.15) is 0 Å². The average molecular weight is 456 g/mol. The maximum Gasteiger partial charge on any atom is 0.340 e. The van der Waals surface area contributed by atoms with Gasteiger partial charge in [0, 0.05) is 4.88 Å². The first-order chi connectivity index (χ1) is 13.5. The Hall–Kier alpha value is -2.01. The lowest BCUT2D eigenvalue weighted by Gasteiger charge is -2.19. The fourth-order valence-corrected chi connectivity index (χ4v) is 4.53. The number of thiocarbonyl (C=S) groups is 1. The number of thiophene rings is 1. The predicted octanol–water partition coefficient (Wildman–Crippen LogP) is 3.57. The monoisotopic (exact) mass is 455 g/mol. The van der Waals surface area contributed by atoms with E-state index in [1.165, 1.54) is 18.4 Å². The van der Waals surface area contributed by atoms with Crippen LogP contribution in [0.2, 0.25) is 0 Å². The number of anilines is 1. The molecule has 0 radical (unpaired) electrons. The number of aryl methyl sites for hydroxylation is 1. The number of rotatable bonds is 6. The molecule has 0 saturated carbocycles. The second kappa shape index (κ2) is 9.21. The summed E-state index contributed by atoms with van der Waals surface area (Å²) in [4.78, 5) is 15.2. The van der Waals surface area contributed by atoms with Crippen LogP contribution in [0.1, 0.15) is 48.5 Å². The van der Waals surface area contributed by atoms with Crippen LogP contribution in [0.4, 0.5) is 5.00 Å². The number of sulfonamides is 1. The second-order valence-corrected chi connectivity index (χ2v) is 10.5. The molecule has 2 aromatic rings. The number of benzene rings is 1. The maximum atomic E-state index is 12.5. The summed E-state index contributed by atoms with van der Waals surface area (Å²) in [5.74, 6) is -0.495. The number of hydrogen-bond donors (Lipinski definition) is 3.